The molecule has 0 N–H and O–H groups in total. The highest BCUT2D eigenvalue weighted by molar-refractivity contribution is 7.12. The predicted octanol–water partition coefficient (Wildman–Crippen LogP) is 4.74. The first-order chi connectivity index (χ1) is 12.8. The first-order valence-corrected chi connectivity index (χ1v) is 9.38. The molecule has 0 radical (unpaired) electrons. The standard InChI is InChI=1S/C18H12N2O4S2/c21-18(13(15-6-3-9-26-15)10-12-4-2-8-25-12)23-11-16-19-20-17(24-16)14-5-1-7-22-14/h1-10H,11H2/b13-10+. The summed E-state index contributed by atoms with van der Waals surface area (Å²) in [6.45, 7) is -0.111. The van der Waals surface area contributed by atoms with Crippen molar-refractivity contribution in [3.63, 3.8) is 0 Å². The number of aromatic nitrogens is 2. The van der Waals surface area contributed by atoms with Gasteiger partial charge in [0, 0.05) is 9.75 Å². The lowest BCUT2D eigenvalue weighted by molar-refractivity contribution is -0.138. The summed E-state index contributed by atoms with van der Waals surface area (Å²) in [6.07, 6.45) is 3.34. The molecule has 0 spiro atoms. The van der Waals surface area contributed by atoms with Crippen LogP contribution in [0.1, 0.15) is 15.6 Å². The fourth-order valence-corrected chi connectivity index (χ4v) is 3.58. The summed E-state index contributed by atoms with van der Waals surface area (Å²) in [7, 11) is 0. The van der Waals surface area contributed by atoms with Gasteiger partial charge in [-0.1, -0.05) is 12.1 Å². The van der Waals surface area contributed by atoms with Crippen molar-refractivity contribution in [1.29, 1.82) is 0 Å². The second kappa shape index (κ2) is 7.51. The van der Waals surface area contributed by atoms with E-state index in [4.69, 9.17) is 13.6 Å². The quantitative estimate of drug-likeness (QED) is 0.353. The highest BCUT2D eigenvalue weighted by atomic mass is 32.1. The van der Waals surface area contributed by atoms with Crippen LogP contribution in [-0.4, -0.2) is 16.2 Å². The van der Waals surface area contributed by atoms with Crippen LogP contribution in [0, 0.1) is 0 Å². The molecular formula is C18H12N2O4S2. The van der Waals surface area contributed by atoms with E-state index in [1.807, 2.05) is 41.1 Å². The van der Waals surface area contributed by atoms with E-state index in [2.05, 4.69) is 10.2 Å². The number of ether oxygens (including phenoxy) is 1. The molecule has 0 fully saturated rings. The Bertz CT molecular complexity index is 1000. The van der Waals surface area contributed by atoms with Crippen LogP contribution >= 0.6 is 22.7 Å². The molecule has 0 aliphatic carbocycles. The van der Waals surface area contributed by atoms with Crippen LogP contribution in [0.25, 0.3) is 23.3 Å². The highest BCUT2D eigenvalue weighted by Crippen LogP contribution is 2.26. The molecule has 0 saturated carbocycles. The van der Waals surface area contributed by atoms with E-state index in [1.54, 1.807) is 23.5 Å². The van der Waals surface area contributed by atoms with E-state index in [1.165, 1.54) is 17.6 Å². The third-order valence-corrected chi connectivity index (χ3v) is 5.08. The molecule has 4 aromatic heterocycles. The molecule has 8 heteroatoms. The van der Waals surface area contributed by atoms with E-state index < -0.39 is 5.97 Å². The Morgan fingerprint density at radius 1 is 1.12 bits per heavy atom. The van der Waals surface area contributed by atoms with Crippen molar-refractivity contribution in [3.05, 3.63) is 69.1 Å². The molecule has 4 rings (SSSR count). The Morgan fingerprint density at radius 3 is 2.73 bits per heavy atom. The van der Waals surface area contributed by atoms with Gasteiger partial charge >= 0.3 is 5.97 Å². The molecule has 4 aromatic rings. The molecule has 4 heterocycles. The number of thiophene rings is 2. The molecule has 6 nitrogen and oxygen atoms in total. The Kier molecular flexibility index (Phi) is 4.76. The van der Waals surface area contributed by atoms with Crippen molar-refractivity contribution >= 4 is 40.3 Å². The summed E-state index contributed by atoms with van der Waals surface area (Å²) >= 11 is 3.03. The topological polar surface area (TPSA) is 78.4 Å². The monoisotopic (exact) mass is 384 g/mol. The number of hydrogen-bond donors (Lipinski definition) is 0. The fourth-order valence-electron chi connectivity index (χ4n) is 2.19. The minimum atomic E-state index is -0.446. The summed E-state index contributed by atoms with van der Waals surface area (Å²) < 4.78 is 16.0. The minimum absolute atomic E-state index is 0.111. The maximum absolute atomic E-state index is 12.6. The average molecular weight is 384 g/mol. The van der Waals surface area contributed by atoms with E-state index in [0.29, 0.717) is 11.3 Å². The van der Waals surface area contributed by atoms with Gasteiger partial charge in [-0.05, 0) is 41.1 Å². The second-order valence-electron chi connectivity index (χ2n) is 5.11. The third-order valence-electron chi connectivity index (χ3n) is 3.36. The van der Waals surface area contributed by atoms with E-state index in [0.717, 1.165) is 9.75 Å². The van der Waals surface area contributed by atoms with Crippen molar-refractivity contribution < 1.29 is 18.4 Å². The fraction of sp³-hybridized carbons (Fsp3) is 0.0556. The third kappa shape index (κ3) is 3.66. The Balaban J connectivity index is 1.49. The maximum atomic E-state index is 12.6. The molecular weight excluding hydrogens is 372 g/mol. The zero-order valence-electron chi connectivity index (χ0n) is 13.3. The van der Waals surface area contributed by atoms with Gasteiger partial charge in [0.05, 0.1) is 11.8 Å². The van der Waals surface area contributed by atoms with Crippen LogP contribution in [0.2, 0.25) is 0 Å². The Morgan fingerprint density at radius 2 is 2.00 bits per heavy atom. The van der Waals surface area contributed by atoms with Crippen molar-refractivity contribution in [2.45, 2.75) is 6.61 Å². The van der Waals surface area contributed by atoms with Gasteiger partial charge < -0.3 is 13.6 Å². The molecule has 0 amide bonds. The zero-order chi connectivity index (χ0) is 17.8. The van der Waals surface area contributed by atoms with Gasteiger partial charge in [0.1, 0.15) is 0 Å². The van der Waals surface area contributed by atoms with Crippen LogP contribution in [0.15, 0.2) is 62.3 Å². The molecule has 0 unspecified atom stereocenters. The largest absolute Gasteiger partial charge is 0.459 e. The van der Waals surface area contributed by atoms with Gasteiger partial charge in [-0.2, -0.15) is 0 Å². The molecule has 0 atom stereocenters. The number of carbonyl (C=O) groups excluding carboxylic acids is 1. The number of carbonyl (C=O) groups is 1. The molecule has 0 aliphatic heterocycles. The normalized spacial score (nSPS) is 11.6. The van der Waals surface area contributed by atoms with Gasteiger partial charge in [-0.25, -0.2) is 4.79 Å². The molecule has 0 aromatic carbocycles. The Hall–Kier alpha value is -2.97. The molecule has 26 heavy (non-hydrogen) atoms. The van der Waals surface area contributed by atoms with Gasteiger partial charge in [0.2, 0.25) is 0 Å². The van der Waals surface area contributed by atoms with Crippen LogP contribution in [0.4, 0.5) is 0 Å². The van der Waals surface area contributed by atoms with Crippen LogP contribution in [-0.2, 0) is 16.1 Å². The maximum Gasteiger partial charge on any atom is 0.340 e. The van der Waals surface area contributed by atoms with Gasteiger partial charge in [0.25, 0.3) is 11.8 Å². The molecule has 0 saturated heterocycles. The SMILES string of the molecule is O=C(OCc1nnc(-c2ccco2)o1)/C(=C/c1cccs1)c1cccs1. The highest BCUT2D eigenvalue weighted by Gasteiger charge is 2.18. The van der Waals surface area contributed by atoms with Crippen molar-refractivity contribution in [2.75, 3.05) is 0 Å². The summed E-state index contributed by atoms with van der Waals surface area (Å²) in [6, 6.07) is 11.1. The van der Waals surface area contributed by atoms with Crippen molar-refractivity contribution in [3.8, 4) is 11.7 Å². The second-order valence-corrected chi connectivity index (χ2v) is 7.03. The summed E-state index contributed by atoms with van der Waals surface area (Å²) in [5, 5.41) is 11.6. The van der Waals surface area contributed by atoms with E-state index in [9.17, 15) is 4.79 Å². The number of nitrogens with zero attached hydrogens (tertiary/aromatic N) is 2. The van der Waals surface area contributed by atoms with Crippen LogP contribution < -0.4 is 0 Å². The van der Waals surface area contributed by atoms with Gasteiger partial charge in [-0.15, -0.1) is 32.9 Å². The molecule has 130 valence electrons. The minimum Gasteiger partial charge on any atom is -0.459 e. The lowest BCUT2D eigenvalue weighted by Crippen LogP contribution is -2.06. The predicted molar refractivity (Wildman–Crippen MR) is 98.3 cm³/mol. The van der Waals surface area contributed by atoms with Crippen molar-refractivity contribution in [1.82, 2.24) is 10.2 Å². The lowest BCUT2D eigenvalue weighted by atomic mass is 10.2. The lowest BCUT2D eigenvalue weighted by Gasteiger charge is -2.05. The summed E-state index contributed by atoms with van der Waals surface area (Å²) in [5.74, 6) is 0.464. The first kappa shape index (κ1) is 16.5. The summed E-state index contributed by atoms with van der Waals surface area (Å²) in [4.78, 5) is 14.4. The zero-order valence-corrected chi connectivity index (χ0v) is 15.0. The first-order valence-electron chi connectivity index (χ1n) is 7.62. The number of rotatable bonds is 6. The summed E-state index contributed by atoms with van der Waals surface area (Å²) in [5.41, 5.74) is 0.494. The number of hydrogen-bond acceptors (Lipinski definition) is 8. The number of esters is 1. The Labute approximate surface area is 156 Å². The average Bonchev–Trinajstić information content (AvgIpc) is 3.44. The van der Waals surface area contributed by atoms with Crippen LogP contribution in [0.3, 0.4) is 0 Å². The smallest absolute Gasteiger partial charge is 0.340 e. The van der Waals surface area contributed by atoms with Gasteiger partial charge in [-0.3, -0.25) is 0 Å². The molecule has 0 aliphatic rings. The number of furan rings is 1. The van der Waals surface area contributed by atoms with Crippen molar-refractivity contribution in [2.24, 2.45) is 0 Å². The van der Waals surface area contributed by atoms with E-state index in [-0.39, 0.29) is 18.4 Å². The van der Waals surface area contributed by atoms with Crippen LogP contribution in [0.5, 0.6) is 0 Å². The van der Waals surface area contributed by atoms with Gasteiger partial charge in [0.15, 0.2) is 12.4 Å². The molecule has 0 bridgehead atoms. The van der Waals surface area contributed by atoms with E-state index >= 15 is 0 Å².